The molecule has 2 aromatic rings. The maximum atomic E-state index is 11.5. The Bertz CT molecular complexity index is 805. The minimum Gasteiger partial charge on any atom is -0.445 e. The average Bonchev–Trinajstić information content (AvgIpc) is 3.02. The highest BCUT2D eigenvalue weighted by molar-refractivity contribution is 7.74. The van der Waals surface area contributed by atoms with E-state index in [1.54, 1.807) is 12.3 Å². The summed E-state index contributed by atoms with van der Waals surface area (Å²) >= 11 is 0. The fourth-order valence-electron chi connectivity index (χ4n) is 2.16. The number of allylic oxidation sites excluding steroid dienone is 4. The molecule has 0 radical (unpaired) electrons. The third kappa shape index (κ3) is 2.35. The van der Waals surface area contributed by atoms with Crippen LogP contribution in [0.15, 0.2) is 59.4 Å². The zero-order valence-electron chi connectivity index (χ0n) is 10.5. The van der Waals surface area contributed by atoms with Crippen LogP contribution in [-0.2, 0) is 10.3 Å². The van der Waals surface area contributed by atoms with E-state index in [1.165, 1.54) is 6.26 Å². The van der Waals surface area contributed by atoms with E-state index in [0.29, 0.717) is 16.3 Å². The Morgan fingerprint density at radius 2 is 1.90 bits per heavy atom. The van der Waals surface area contributed by atoms with Crippen LogP contribution in [-0.4, -0.2) is 18.3 Å². The Kier molecular flexibility index (Phi) is 3.35. The molecular weight excluding hydrogens is 274 g/mol. The fourth-order valence-corrected chi connectivity index (χ4v) is 2.80. The third-order valence-corrected chi connectivity index (χ3v) is 3.86. The van der Waals surface area contributed by atoms with E-state index in [4.69, 9.17) is 4.42 Å². The lowest BCUT2D eigenvalue weighted by molar-refractivity contribution is 0.541. The average molecular weight is 285 g/mol. The minimum atomic E-state index is -2.28. The van der Waals surface area contributed by atoms with Crippen LogP contribution in [0.2, 0.25) is 0 Å². The highest BCUT2D eigenvalue weighted by Crippen LogP contribution is 2.28. The van der Waals surface area contributed by atoms with Crippen molar-refractivity contribution >= 4 is 26.3 Å². The second-order valence-electron chi connectivity index (χ2n) is 4.31. The molecule has 1 aliphatic carbocycles. The molecule has 0 fully saturated rings. The molecule has 1 aromatic heterocycles. The van der Waals surface area contributed by atoms with E-state index in [-0.39, 0.29) is 6.42 Å². The van der Waals surface area contributed by atoms with Gasteiger partial charge in [-0.3, -0.25) is 0 Å². The maximum absolute atomic E-state index is 11.5. The number of aromatic nitrogens is 1. The van der Waals surface area contributed by atoms with Crippen molar-refractivity contribution in [2.75, 3.05) is 0 Å². The van der Waals surface area contributed by atoms with Crippen molar-refractivity contribution in [3.05, 3.63) is 66.4 Å². The molecule has 0 amide bonds. The van der Waals surface area contributed by atoms with E-state index in [2.05, 4.69) is 4.98 Å². The van der Waals surface area contributed by atoms with Gasteiger partial charge in [-0.2, -0.15) is 8.42 Å². The van der Waals surface area contributed by atoms with Gasteiger partial charge >= 0.3 is 0 Å². The lowest BCUT2D eigenvalue weighted by Gasteiger charge is -2.13. The van der Waals surface area contributed by atoms with E-state index in [9.17, 15) is 8.42 Å². The predicted molar refractivity (Wildman–Crippen MR) is 77.4 cm³/mol. The van der Waals surface area contributed by atoms with Gasteiger partial charge in [0.05, 0.1) is 11.1 Å². The third-order valence-electron chi connectivity index (χ3n) is 3.10. The van der Waals surface area contributed by atoms with Gasteiger partial charge in [0.2, 0.25) is 16.2 Å². The van der Waals surface area contributed by atoms with Gasteiger partial charge in [-0.1, -0.05) is 42.5 Å². The largest absolute Gasteiger partial charge is 0.445 e. The molecule has 0 atom stereocenters. The normalized spacial score (nSPS) is 14.7. The van der Waals surface area contributed by atoms with Crippen LogP contribution in [0.1, 0.15) is 17.9 Å². The van der Waals surface area contributed by atoms with E-state index >= 15 is 0 Å². The van der Waals surface area contributed by atoms with Crippen LogP contribution < -0.4 is 0 Å². The summed E-state index contributed by atoms with van der Waals surface area (Å²) in [5, 5.41) is 0. The topological polar surface area (TPSA) is 60.2 Å². The first-order valence-electron chi connectivity index (χ1n) is 6.07. The lowest BCUT2D eigenvalue weighted by atomic mass is 9.93. The van der Waals surface area contributed by atoms with Gasteiger partial charge in [-0.05, 0) is 5.56 Å². The first-order valence-corrected chi connectivity index (χ1v) is 7.15. The Balaban J connectivity index is 2.11. The summed E-state index contributed by atoms with van der Waals surface area (Å²) in [6, 6.07) is 9.45. The van der Waals surface area contributed by atoms with Crippen molar-refractivity contribution in [3.63, 3.8) is 0 Å². The van der Waals surface area contributed by atoms with Gasteiger partial charge in [0.25, 0.3) is 0 Å². The van der Waals surface area contributed by atoms with Crippen molar-refractivity contribution in [2.24, 2.45) is 0 Å². The molecule has 1 aliphatic rings. The van der Waals surface area contributed by atoms with Crippen LogP contribution in [0.3, 0.4) is 0 Å². The molecule has 1 heterocycles. The monoisotopic (exact) mass is 285 g/mol. The number of benzene rings is 1. The Morgan fingerprint density at radius 1 is 1.10 bits per heavy atom. The summed E-state index contributed by atoms with van der Waals surface area (Å²) in [6.07, 6.45) is 6.95. The predicted octanol–water partition coefficient (Wildman–Crippen LogP) is 2.60. The first-order chi connectivity index (χ1) is 9.75. The molecule has 0 unspecified atom stereocenters. The fraction of sp³-hybridized carbons (Fsp3) is 0.0667. The summed E-state index contributed by atoms with van der Waals surface area (Å²) in [5.41, 5.74) is 2.36. The number of oxazole rings is 1. The summed E-state index contributed by atoms with van der Waals surface area (Å²) in [5.74, 6) is 0.455. The molecule has 0 saturated carbocycles. The number of nitrogens with zero attached hydrogens (tertiary/aromatic N) is 1. The molecule has 0 N–H and O–H groups in total. The second kappa shape index (κ2) is 5.30. The van der Waals surface area contributed by atoms with E-state index in [1.807, 2.05) is 36.4 Å². The molecule has 100 valence electrons. The van der Waals surface area contributed by atoms with Crippen molar-refractivity contribution in [2.45, 2.75) is 6.42 Å². The van der Waals surface area contributed by atoms with Crippen molar-refractivity contribution in [1.29, 1.82) is 0 Å². The molecule has 0 aliphatic heterocycles. The zero-order chi connectivity index (χ0) is 13.9. The van der Waals surface area contributed by atoms with Crippen molar-refractivity contribution < 1.29 is 12.8 Å². The number of hydrogen-bond acceptors (Lipinski definition) is 4. The second-order valence-corrected chi connectivity index (χ2v) is 5.27. The Morgan fingerprint density at radius 3 is 2.55 bits per heavy atom. The van der Waals surface area contributed by atoms with E-state index in [0.717, 1.165) is 11.1 Å². The van der Waals surface area contributed by atoms with Crippen LogP contribution in [0.5, 0.6) is 0 Å². The SMILES string of the molecule is O=S(=O)=C1CC(c2ncco2)=CC=C1c1ccccc1. The Hall–Kier alpha value is -2.40. The molecule has 0 bridgehead atoms. The summed E-state index contributed by atoms with van der Waals surface area (Å²) in [6.45, 7) is 0. The summed E-state index contributed by atoms with van der Waals surface area (Å²) < 4.78 is 28.2. The standard InChI is InChI=1S/C15H11NO3S/c17-20(18)14-10-12(15-16-8-9-19-15)6-7-13(14)11-4-2-1-3-5-11/h1-9H,10H2. The quantitative estimate of drug-likeness (QED) is 0.796. The minimum absolute atomic E-state index is 0.289. The van der Waals surface area contributed by atoms with E-state index < -0.39 is 10.3 Å². The van der Waals surface area contributed by atoms with Crippen LogP contribution in [0.4, 0.5) is 0 Å². The molecular formula is C15H11NO3S. The van der Waals surface area contributed by atoms with Gasteiger partial charge in [-0.15, -0.1) is 0 Å². The molecule has 5 heteroatoms. The van der Waals surface area contributed by atoms with Gasteiger partial charge in [-0.25, -0.2) is 4.98 Å². The van der Waals surface area contributed by atoms with Gasteiger partial charge < -0.3 is 4.42 Å². The highest BCUT2D eigenvalue weighted by Gasteiger charge is 2.19. The molecule has 0 spiro atoms. The van der Waals surface area contributed by atoms with Gasteiger partial charge in [0, 0.05) is 17.6 Å². The summed E-state index contributed by atoms with van der Waals surface area (Å²) in [7, 11) is -2.28. The van der Waals surface area contributed by atoms with Gasteiger partial charge in [0.1, 0.15) is 6.26 Å². The zero-order valence-corrected chi connectivity index (χ0v) is 11.3. The van der Waals surface area contributed by atoms with Crippen LogP contribution in [0.25, 0.3) is 11.1 Å². The van der Waals surface area contributed by atoms with Gasteiger partial charge in [0.15, 0.2) is 0 Å². The summed E-state index contributed by atoms with van der Waals surface area (Å²) in [4.78, 5) is 4.41. The molecule has 4 nitrogen and oxygen atoms in total. The smallest absolute Gasteiger partial charge is 0.222 e. The maximum Gasteiger partial charge on any atom is 0.222 e. The number of hydrogen-bond donors (Lipinski definition) is 0. The molecule has 3 rings (SSSR count). The lowest BCUT2D eigenvalue weighted by Crippen LogP contribution is -2.08. The molecule has 20 heavy (non-hydrogen) atoms. The highest BCUT2D eigenvalue weighted by atomic mass is 32.2. The number of rotatable bonds is 2. The van der Waals surface area contributed by atoms with Crippen molar-refractivity contribution in [3.8, 4) is 0 Å². The van der Waals surface area contributed by atoms with Crippen LogP contribution >= 0.6 is 0 Å². The first kappa shape index (κ1) is 12.6. The Labute approximate surface area is 117 Å². The molecule has 1 aromatic carbocycles. The van der Waals surface area contributed by atoms with Crippen molar-refractivity contribution in [1.82, 2.24) is 4.98 Å². The van der Waals surface area contributed by atoms with Crippen LogP contribution in [0, 0.1) is 0 Å². The molecule has 0 saturated heterocycles.